The standard InChI is InChI=1S/C25H21F4NO3/c26-17-10-7-15(8-11-17)14-33-23-12-9-16(25(27,28)29)13-20(23)18-3-1-4-19(18)21-5-2-6-22(30-21)24(31)32/h2,5-13,18-19H,1,3-4,14H2,(H,31,32). The summed E-state index contributed by atoms with van der Waals surface area (Å²) in [5, 5.41) is 9.27. The number of halogens is 4. The number of aromatic nitrogens is 1. The summed E-state index contributed by atoms with van der Waals surface area (Å²) in [6.07, 6.45) is -2.45. The summed E-state index contributed by atoms with van der Waals surface area (Å²) in [6.45, 7) is 0.0722. The summed E-state index contributed by atoms with van der Waals surface area (Å²) < 4.78 is 59.5. The zero-order chi connectivity index (χ0) is 23.6. The van der Waals surface area contributed by atoms with Crippen LogP contribution in [0, 0.1) is 5.82 Å². The molecule has 0 bridgehead atoms. The monoisotopic (exact) mass is 459 g/mol. The highest BCUT2D eigenvalue weighted by Crippen LogP contribution is 2.49. The number of carboxylic acid groups (broad SMARTS) is 1. The first-order chi connectivity index (χ1) is 15.7. The van der Waals surface area contributed by atoms with Gasteiger partial charge in [0.05, 0.1) is 5.56 Å². The van der Waals surface area contributed by atoms with Crippen LogP contribution in [-0.4, -0.2) is 16.1 Å². The summed E-state index contributed by atoms with van der Waals surface area (Å²) in [5.74, 6) is -1.78. The zero-order valence-corrected chi connectivity index (χ0v) is 17.5. The van der Waals surface area contributed by atoms with Crippen LogP contribution < -0.4 is 4.74 Å². The average molecular weight is 459 g/mol. The molecule has 8 heteroatoms. The van der Waals surface area contributed by atoms with Gasteiger partial charge in [0.25, 0.3) is 0 Å². The van der Waals surface area contributed by atoms with E-state index in [1.165, 1.54) is 24.3 Å². The van der Waals surface area contributed by atoms with Gasteiger partial charge in [0.15, 0.2) is 0 Å². The number of carboxylic acids is 1. The molecule has 1 fully saturated rings. The van der Waals surface area contributed by atoms with Gasteiger partial charge in [0, 0.05) is 11.6 Å². The number of rotatable bonds is 6. The lowest BCUT2D eigenvalue weighted by Crippen LogP contribution is -2.13. The number of hydrogen-bond acceptors (Lipinski definition) is 3. The van der Waals surface area contributed by atoms with Gasteiger partial charge in [-0.15, -0.1) is 0 Å². The molecule has 1 aliphatic carbocycles. The largest absolute Gasteiger partial charge is 0.489 e. The molecular weight excluding hydrogens is 438 g/mol. The molecule has 0 spiro atoms. The van der Waals surface area contributed by atoms with Crippen molar-refractivity contribution in [2.45, 2.75) is 43.9 Å². The van der Waals surface area contributed by atoms with Gasteiger partial charge in [-0.1, -0.05) is 24.6 Å². The molecule has 1 aromatic heterocycles. The minimum atomic E-state index is -4.51. The molecule has 33 heavy (non-hydrogen) atoms. The molecule has 2 aromatic carbocycles. The van der Waals surface area contributed by atoms with Crippen LogP contribution in [0.5, 0.6) is 5.75 Å². The molecule has 0 radical (unpaired) electrons. The number of hydrogen-bond donors (Lipinski definition) is 1. The summed E-state index contributed by atoms with van der Waals surface area (Å²) in [7, 11) is 0. The molecule has 1 aliphatic rings. The quantitative estimate of drug-likeness (QED) is 0.424. The van der Waals surface area contributed by atoms with Gasteiger partial charge in [-0.2, -0.15) is 13.2 Å². The second-order valence-electron chi connectivity index (χ2n) is 8.06. The molecule has 1 saturated carbocycles. The average Bonchev–Trinajstić information content (AvgIpc) is 3.28. The third-order valence-corrected chi connectivity index (χ3v) is 5.93. The van der Waals surface area contributed by atoms with Crippen molar-refractivity contribution in [1.82, 2.24) is 4.98 Å². The maximum atomic E-state index is 13.5. The van der Waals surface area contributed by atoms with Crippen molar-refractivity contribution >= 4 is 5.97 Å². The number of alkyl halides is 3. The first kappa shape index (κ1) is 22.8. The number of nitrogens with zero attached hydrogens (tertiary/aromatic N) is 1. The molecule has 1 N–H and O–H groups in total. The van der Waals surface area contributed by atoms with E-state index in [9.17, 15) is 27.5 Å². The van der Waals surface area contributed by atoms with Crippen molar-refractivity contribution < 1.29 is 32.2 Å². The summed E-state index contributed by atoms with van der Waals surface area (Å²) in [5.41, 5.74) is 0.761. The first-order valence-corrected chi connectivity index (χ1v) is 10.5. The van der Waals surface area contributed by atoms with Crippen molar-refractivity contribution in [3.05, 3.63) is 94.6 Å². The predicted octanol–water partition coefficient (Wildman–Crippen LogP) is 6.57. The van der Waals surface area contributed by atoms with E-state index >= 15 is 0 Å². The van der Waals surface area contributed by atoms with E-state index in [2.05, 4.69) is 4.98 Å². The molecule has 4 nitrogen and oxygen atoms in total. The summed E-state index contributed by atoms with van der Waals surface area (Å²) in [4.78, 5) is 15.6. The minimum absolute atomic E-state index is 0.0722. The molecule has 0 amide bonds. The van der Waals surface area contributed by atoms with E-state index in [0.29, 0.717) is 35.4 Å². The van der Waals surface area contributed by atoms with Crippen LogP contribution in [0.15, 0.2) is 60.7 Å². The Bertz CT molecular complexity index is 1150. The molecule has 2 atom stereocenters. The van der Waals surface area contributed by atoms with E-state index in [0.717, 1.165) is 18.6 Å². The van der Waals surface area contributed by atoms with E-state index < -0.39 is 17.7 Å². The van der Waals surface area contributed by atoms with Crippen molar-refractivity contribution in [3.63, 3.8) is 0 Å². The van der Waals surface area contributed by atoms with E-state index in [-0.39, 0.29) is 30.0 Å². The van der Waals surface area contributed by atoms with Crippen molar-refractivity contribution in [2.24, 2.45) is 0 Å². The van der Waals surface area contributed by atoms with Crippen LogP contribution in [0.4, 0.5) is 17.6 Å². The lowest BCUT2D eigenvalue weighted by Gasteiger charge is -2.24. The Kier molecular flexibility index (Phi) is 6.35. The highest BCUT2D eigenvalue weighted by atomic mass is 19.4. The van der Waals surface area contributed by atoms with Crippen molar-refractivity contribution in [2.75, 3.05) is 0 Å². The molecule has 172 valence electrons. The fourth-order valence-corrected chi connectivity index (χ4v) is 4.35. The van der Waals surface area contributed by atoms with Crippen LogP contribution in [-0.2, 0) is 12.8 Å². The number of pyridine rings is 1. The fraction of sp³-hybridized carbons (Fsp3) is 0.280. The Morgan fingerprint density at radius 3 is 2.45 bits per heavy atom. The maximum Gasteiger partial charge on any atom is 0.416 e. The SMILES string of the molecule is O=C(O)c1cccc(C2CCCC2c2cc(C(F)(F)F)ccc2OCc2ccc(F)cc2)n1. The van der Waals surface area contributed by atoms with Gasteiger partial charge in [0.2, 0.25) is 0 Å². The molecule has 4 rings (SSSR count). The minimum Gasteiger partial charge on any atom is -0.489 e. The highest BCUT2D eigenvalue weighted by Gasteiger charge is 2.36. The van der Waals surface area contributed by atoms with Crippen LogP contribution in [0.3, 0.4) is 0 Å². The maximum absolute atomic E-state index is 13.5. The summed E-state index contributed by atoms with van der Waals surface area (Å²) in [6, 6.07) is 13.8. The van der Waals surface area contributed by atoms with Gasteiger partial charge in [0.1, 0.15) is 23.9 Å². The topological polar surface area (TPSA) is 59.4 Å². The lowest BCUT2D eigenvalue weighted by atomic mass is 9.85. The third kappa shape index (κ3) is 5.16. The van der Waals surface area contributed by atoms with E-state index in [1.807, 2.05) is 0 Å². The van der Waals surface area contributed by atoms with Crippen LogP contribution in [0.25, 0.3) is 0 Å². The predicted molar refractivity (Wildman–Crippen MR) is 113 cm³/mol. The van der Waals surface area contributed by atoms with E-state index in [4.69, 9.17) is 4.74 Å². The normalized spacial score (nSPS) is 18.3. The first-order valence-electron chi connectivity index (χ1n) is 10.5. The van der Waals surface area contributed by atoms with Crippen LogP contribution >= 0.6 is 0 Å². The van der Waals surface area contributed by atoms with Gasteiger partial charge < -0.3 is 9.84 Å². The number of aromatic carboxylic acids is 1. The molecule has 2 unspecified atom stereocenters. The third-order valence-electron chi connectivity index (χ3n) is 5.93. The van der Waals surface area contributed by atoms with Crippen LogP contribution in [0.1, 0.15) is 64.0 Å². The Labute approximate surface area is 187 Å². The number of benzene rings is 2. The molecular formula is C25H21F4NO3. The van der Waals surface area contributed by atoms with Gasteiger partial charge in [-0.25, -0.2) is 14.2 Å². The van der Waals surface area contributed by atoms with Crippen LogP contribution in [0.2, 0.25) is 0 Å². The number of carbonyl (C=O) groups is 1. The fourth-order valence-electron chi connectivity index (χ4n) is 4.35. The Morgan fingerprint density at radius 1 is 1.03 bits per heavy atom. The smallest absolute Gasteiger partial charge is 0.416 e. The Hall–Kier alpha value is -3.42. The van der Waals surface area contributed by atoms with Gasteiger partial charge in [-0.3, -0.25) is 0 Å². The zero-order valence-electron chi connectivity index (χ0n) is 17.5. The number of ether oxygens (including phenoxy) is 1. The van der Waals surface area contributed by atoms with E-state index in [1.54, 1.807) is 24.3 Å². The van der Waals surface area contributed by atoms with Crippen molar-refractivity contribution in [3.8, 4) is 5.75 Å². The van der Waals surface area contributed by atoms with Gasteiger partial charge in [-0.05, 0) is 72.4 Å². The molecule has 3 aromatic rings. The second kappa shape index (κ2) is 9.21. The lowest BCUT2D eigenvalue weighted by molar-refractivity contribution is -0.137. The molecule has 0 saturated heterocycles. The Balaban J connectivity index is 1.69. The second-order valence-corrected chi connectivity index (χ2v) is 8.06. The van der Waals surface area contributed by atoms with Gasteiger partial charge >= 0.3 is 12.1 Å². The molecule has 0 aliphatic heterocycles. The highest BCUT2D eigenvalue weighted by molar-refractivity contribution is 5.85. The van der Waals surface area contributed by atoms with Crippen molar-refractivity contribution in [1.29, 1.82) is 0 Å². The molecule has 1 heterocycles. The summed E-state index contributed by atoms with van der Waals surface area (Å²) >= 11 is 0. The Morgan fingerprint density at radius 2 is 1.76 bits per heavy atom.